The van der Waals surface area contributed by atoms with Crippen LogP contribution in [0.2, 0.25) is 0 Å². The van der Waals surface area contributed by atoms with Crippen LogP contribution in [0.15, 0.2) is 0 Å². The van der Waals surface area contributed by atoms with Crippen molar-refractivity contribution >= 4 is 11.6 Å². The van der Waals surface area contributed by atoms with Gasteiger partial charge in [0, 0.05) is 37.6 Å². The van der Waals surface area contributed by atoms with Gasteiger partial charge in [0.1, 0.15) is 17.5 Å². The van der Waals surface area contributed by atoms with Gasteiger partial charge in [-0.1, -0.05) is 13.8 Å². The highest BCUT2D eigenvalue weighted by Gasteiger charge is 2.26. The quantitative estimate of drug-likeness (QED) is 0.900. The maximum atomic E-state index is 6.02. The Morgan fingerprint density at radius 3 is 2.79 bits per heavy atom. The Bertz CT molecular complexity index is 447. The molecule has 5 nitrogen and oxygen atoms in total. The molecule has 106 valence electrons. The van der Waals surface area contributed by atoms with Gasteiger partial charge in [0.15, 0.2) is 0 Å². The first-order chi connectivity index (χ1) is 9.02. The maximum Gasteiger partial charge on any atom is 0.137 e. The number of methoxy groups -OCH3 is 1. The van der Waals surface area contributed by atoms with Crippen LogP contribution in [-0.4, -0.2) is 36.8 Å². The molecule has 1 aromatic heterocycles. The third-order valence-electron chi connectivity index (χ3n) is 3.68. The lowest BCUT2D eigenvalue weighted by molar-refractivity contribution is 0.161. The summed E-state index contributed by atoms with van der Waals surface area (Å²) < 4.78 is 5.24. The fourth-order valence-electron chi connectivity index (χ4n) is 2.50. The SMILES string of the molecule is COCC1CCN(c2nc(C(C)C)nc(N)c2C)C1. The van der Waals surface area contributed by atoms with E-state index in [9.17, 15) is 0 Å². The summed E-state index contributed by atoms with van der Waals surface area (Å²) in [5.74, 6) is 3.30. The molecule has 0 aliphatic carbocycles. The van der Waals surface area contributed by atoms with Crippen LogP contribution in [0.1, 0.15) is 37.6 Å². The maximum absolute atomic E-state index is 6.02. The molecule has 0 aromatic carbocycles. The van der Waals surface area contributed by atoms with E-state index in [-0.39, 0.29) is 0 Å². The van der Waals surface area contributed by atoms with E-state index in [0.29, 0.717) is 17.7 Å². The Morgan fingerprint density at radius 1 is 1.42 bits per heavy atom. The fourth-order valence-corrected chi connectivity index (χ4v) is 2.50. The van der Waals surface area contributed by atoms with Crippen molar-refractivity contribution in [1.29, 1.82) is 0 Å². The number of ether oxygens (including phenoxy) is 1. The zero-order chi connectivity index (χ0) is 14.0. The number of anilines is 2. The molecule has 5 heteroatoms. The second-order valence-electron chi connectivity index (χ2n) is 5.63. The van der Waals surface area contributed by atoms with Gasteiger partial charge in [0.2, 0.25) is 0 Å². The average molecular weight is 264 g/mol. The molecule has 2 heterocycles. The zero-order valence-corrected chi connectivity index (χ0v) is 12.3. The Balaban J connectivity index is 2.24. The van der Waals surface area contributed by atoms with Gasteiger partial charge < -0.3 is 15.4 Å². The third-order valence-corrected chi connectivity index (χ3v) is 3.68. The Labute approximate surface area is 115 Å². The van der Waals surface area contributed by atoms with E-state index >= 15 is 0 Å². The van der Waals surface area contributed by atoms with Crippen molar-refractivity contribution in [2.75, 3.05) is 37.4 Å². The fraction of sp³-hybridized carbons (Fsp3) is 0.714. The smallest absolute Gasteiger partial charge is 0.137 e. The van der Waals surface area contributed by atoms with Gasteiger partial charge in [0.25, 0.3) is 0 Å². The van der Waals surface area contributed by atoms with Gasteiger partial charge in [-0.05, 0) is 13.3 Å². The highest BCUT2D eigenvalue weighted by atomic mass is 16.5. The molecule has 1 saturated heterocycles. The number of aromatic nitrogens is 2. The van der Waals surface area contributed by atoms with Crippen LogP contribution < -0.4 is 10.6 Å². The predicted octanol–water partition coefficient (Wildman–Crippen LogP) is 1.96. The van der Waals surface area contributed by atoms with E-state index in [1.165, 1.54) is 0 Å². The van der Waals surface area contributed by atoms with Crippen molar-refractivity contribution in [2.45, 2.75) is 33.1 Å². The summed E-state index contributed by atoms with van der Waals surface area (Å²) in [6.45, 7) is 8.99. The molecule has 0 amide bonds. The number of nitrogen functional groups attached to an aromatic ring is 1. The molecule has 1 unspecified atom stereocenters. The van der Waals surface area contributed by atoms with E-state index in [0.717, 1.165) is 43.3 Å². The lowest BCUT2D eigenvalue weighted by Gasteiger charge is -2.21. The van der Waals surface area contributed by atoms with Gasteiger partial charge in [-0.25, -0.2) is 9.97 Å². The minimum absolute atomic E-state index is 0.291. The molecule has 0 spiro atoms. The number of rotatable bonds is 4. The van der Waals surface area contributed by atoms with Crippen LogP contribution in [-0.2, 0) is 4.74 Å². The highest BCUT2D eigenvalue weighted by molar-refractivity contribution is 5.57. The topological polar surface area (TPSA) is 64.3 Å². The number of nitrogens with zero attached hydrogens (tertiary/aromatic N) is 3. The lowest BCUT2D eigenvalue weighted by Crippen LogP contribution is -2.24. The molecule has 2 rings (SSSR count). The second-order valence-corrected chi connectivity index (χ2v) is 5.63. The van der Waals surface area contributed by atoms with Crippen LogP contribution in [0.25, 0.3) is 0 Å². The standard InChI is InChI=1S/C14H24N4O/c1-9(2)13-16-12(15)10(3)14(17-13)18-6-5-11(7-18)8-19-4/h9,11H,5-8H2,1-4H3,(H2,15,16,17). The molecule has 1 fully saturated rings. The summed E-state index contributed by atoms with van der Waals surface area (Å²) in [5, 5.41) is 0. The molecule has 1 atom stereocenters. The monoisotopic (exact) mass is 264 g/mol. The lowest BCUT2D eigenvalue weighted by atomic mass is 10.1. The first-order valence-electron chi connectivity index (χ1n) is 6.90. The summed E-state index contributed by atoms with van der Waals surface area (Å²) in [5.41, 5.74) is 7.01. The summed E-state index contributed by atoms with van der Waals surface area (Å²) in [7, 11) is 1.76. The third kappa shape index (κ3) is 2.97. The molecule has 0 bridgehead atoms. The van der Waals surface area contributed by atoms with E-state index in [2.05, 4.69) is 23.7 Å². The molecular formula is C14H24N4O. The van der Waals surface area contributed by atoms with Crippen LogP contribution in [0.4, 0.5) is 11.6 Å². The van der Waals surface area contributed by atoms with Gasteiger partial charge in [-0.15, -0.1) is 0 Å². The highest BCUT2D eigenvalue weighted by Crippen LogP contribution is 2.28. The zero-order valence-electron chi connectivity index (χ0n) is 12.3. The summed E-state index contributed by atoms with van der Waals surface area (Å²) in [6.07, 6.45) is 1.15. The van der Waals surface area contributed by atoms with Crippen molar-refractivity contribution in [3.8, 4) is 0 Å². The minimum atomic E-state index is 0.291. The van der Waals surface area contributed by atoms with Crippen molar-refractivity contribution in [3.05, 3.63) is 11.4 Å². The Hall–Kier alpha value is -1.36. The average Bonchev–Trinajstić information content (AvgIpc) is 2.81. The van der Waals surface area contributed by atoms with Crippen molar-refractivity contribution in [1.82, 2.24) is 9.97 Å². The molecule has 19 heavy (non-hydrogen) atoms. The molecule has 1 aliphatic heterocycles. The Morgan fingerprint density at radius 2 is 2.16 bits per heavy atom. The van der Waals surface area contributed by atoms with E-state index < -0.39 is 0 Å². The van der Waals surface area contributed by atoms with E-state index in [1.54, 1.807) is 7.11 Å². The van der Waals surface area contributed by atoms with E-state index in [1.807, 2.05) is 6.92 Å². The summed E-state index contributed by atoms with van der Waals surface area (Å²) >= 11 is 0. The number of hydrogen-bond donors (Lipinski definition) is 1. The second kappa shape index (κ2) is 5.74. The molecule has 0 saturated carbocycles. The van der Waals surface area contributed by atoms with Crippen LogP contribution in [0.3, 0.4) is 0 Å². The Kier molecular flexibility index (Phi) is 4.24. The number of hydrogen-bond acceptors (Lipinski definition) is 5. The first-order valence-corrected chi connectivity index (χ1v) is 6.90. The van der Waals surface area contributed by atoms with Crippen molar-refractivity contribution in [3.63, 3.8) is 0 Å². The van der Waals surface area contributed by atoms with Gasteiger partial charge in [-0.3, -0.25) is 0 Å². The normalized spacial score (nSPS) is 19.4. The predicted molar refractivity (Wildman–Crippen MR) is 77.5 cm³/mol. The van der Waals surface area contributed by atoms with Gasteiger partial charge in [-0.2, -0.15) is 0 Å². The van der Waals surface area contributed by atoms with Crippen LogP contribution >= 0.6 is 0 Å². The van der Waals surface area contributed by atoms with Crippen molar-refractivity contribution in [2.24, 2.45) is 5.92 Å². The van der Waals surface area contributed by atoms with Crippen LogP contribution in [0.5, 0.6) is 0 Å². The van der Waals surface area contributed by atoms with Gasteiger partial charge >= 0.3 is 0 Å². The number of nitrogens with two attached hydrogens (primary N) is 1. The molecule has 2 N–H and O–H groups in total. The van der Waals surface area contributed by atoms with Gasteiger partial charge in [0.05, 0.1) is 6.61 Å². The molecular weight excluding hydrogens is 240 g/mol. The first kappa shape index (κ1) is 14.1. The summed E-state index contributed by atoms with van der Waals surface area (Å²) in [4.78, 5) is 11.4. The minimum Gasteiger partial charge on any atom is -0.384 e. The molecule has 1 aromatic rings. The van der Waals surface area contributed by atoms with E-state index in [4.69, 9.17) is 15.5 Å². The largest absolute Gasteiger partial charge is 0.384 e. The summed E-state index contributed by atoms with van der Waals surface area (Å²) in [6, 6.07) is 0. The van der Waals surface area contributed by atoms with Crippen molar-refractivity contribution < 1.29 is 4.74 Å². The molecule has 1 aliphatic rings. The van der Waals surface area contributed by atoms with Crippen LogP contribution in [0, 0.1) is 12.8 Å². The molecule has 0 radical (unpaired) electrons.